The van der Waals surface area contributed by atoms with E-state index in [2.05, 4.69) is 19.3 Å². The molecule has 0 amide bonds. The van der Waals surface area contributed by atoms with E-state index in [4.69, 9.17) is 0 Å². The molecule has 3 heteroatoms. The van der Waals surface area contributed by atoms with Gasteiger partial charge in [-0.2, -0.15) is 0 Å². The molecule has 106 valence electrons. The normalized spacial score (nSPS) is 27.4. The van der Waals surface area contributed by atoms with Gasteiger partial charge in [-0.05, 0) is 56.5 Å². The molecule has 3 unspecified atom stereocenters. The highest BCUT2D eigenvalue weighted by atomic mass is 32.2. The Hall–Kier alpha value is -0.540. The topological polar surface area (TPSA) is 12.0 Å². The zero-order valence-electron chi connectivity index (χ0n) is 11.9. The first-order valence-electron chi connectivity index (χ1n) is 7.32. The highest BCUT2D eigenvalue weighted by Gasteiger charge is 2.29. The SMILES string of the molecule is CCCC1CCC(NC)C(Sc2ccc(F)cc2)C1. The molecular weight excluding hydrogens is 257 g/mol. The molecule has 0 bridgehead atoms. The maximum atomic E-state index is 12.9. The van der Waals surface area contributed by atoms with Crippen LogP contribution in [0.4, 0.5) is 4.39 Å². The van der Waals surface area contributed by atoms with Crippen molar-refractivity contribution in [1.82, 2.24) is 5.32 Å². The minimum Gasteiger partial charge on any atom is -0.316 e. The number of hydrogen-bond acceptors (Lipinski definition) is 2. The molecule has 19 heavy (non-hydrogen) atoms. The van der Waals surface area contributed by atoms with Gasteiger partial charge in [0.25, 0.3) is 0 Å². The van der Waals surface area contributed by atoms with Crippen LogP contribution in [0.1, 0.15) is 39.0 Å². The first kappa shape index (κ1) is 14.9. The van der Waals surface area contributed by atoms with E-state index in [1.54, 1.807) is 12.1 Å². The zero-order chi connectivity index (χ0) is 13.7. The van der Waals surface area contributed by atoms with Crippen molar-refractivity contribution in [1.29, 1.82) is 0 Å². The first-order chi connectivity index (χ1) is 9.22. The van der Waals surface area contributed by atoms with Gasteiger partial charge in [0, 0.05) is 16.2 Å². The molecule has 1 saturated carbocycles. The van der Waals surface area contributed by atoms with Crippen molar-refractivity contribution in [2.75, 3.05) is 7.05 Å². The van der Waals surface area contributed by atoms with Crippen molar-refractivity contribution in [2.24, 2.45) is 5.92 Å². The third-order valence-corrected chi connectivity index (χ3v) is 5.44. The van der Waals surface area contributed by atoms with E-state index < -0.39 is 0 Å². The molecule has 1 aliphatic carbocycles. The summed E-state index contributed by atoms with van der Waals surface area (Å²) in [4.78, 5) is 1.18. The molecule has 1 aromatic rings. The summed E-state index contributed by atoms with van der Waals surface area (Å²) in [5.74, 6) is 0.717. The average Bonchev–Trinajstić information content (AvgIpc) is 2.42. The van der Waals surface area contributed by atoms with Crippen LogP contribution in [-0.4, -0.2) is 18.3 Å². The summed E-state index contributed by atoms with van der Waals surface area (Å²) >= 11 is 1.91. The zero-order valence-corrected chi connectivity index (χ0v) is 12.7. The number of benzene rings is 1. The van der Waals surface area contributed by atoms with Crippen LogP contribution in [-0.2, 0) is 0 Å². The molecule has 1 N–H and O–H groups in total. The number of hydrogen-bond donors (Lipinski definition) is 1. The Balaban J connectivity index is 1.99. The molecule has 1 aliphatic rings. The van der Waals surface area contributed by atoms with Crippen molar-refractivity contribution >= 4 is 11.8 Å². The lowest BCUT2D eigenvalue weighted by Gasteiger charge is -2.35. The van der Waals surface area contributed by atoms with Crippen LogP contribution in [0.2, 0.25) is 0 Å². The molecule has 0 aliphatic heterocycles. The van der Waals surface area contributed by atoms with Crippen LogP contribution in [0, 0.1) is 11.7 Å². The van der Waals surface area contributed by atoms with Crippen molar-refractivity contribution in [2.45, 2.75) is 55.2 Å². The molecular formula is C16H24FNS. The van der Waals surface area contributed by atoms with Gasteiger partial charge in [-0.1, -0.05) is 19.8 Å². The van der Waals surface area contributed by atoms with Crippen LogP contribution < -0.4 is 5.32 Å². The van der Waals surface area contributed by atoms with Gasteiger partial charge in [-0.3, -0.25) is 0 Å². The standard InChI is InChI=1S/C16H24FNS/c1-3-4-12-5-10-15(18-2)16(11-12)19-14-8-6-13(17)7-9-14/h6-9,12,15-16,18H,3-5,10-11H2,1-2H3. The molecule has 2 rings (SSSR count). The summed E-state index contributed by atoms with van der Waals surface area (Å²) in [5.41, 5.74) is 0. The molecule has 0 spiro atoms. The van der Waals surface area contributed by atoms with Crippen molar-refractivity contribution in [3.63, 3.8) is 0 Å². The van der Waals surface area contributed by atoms with Crippen molar-refractivity contribution in [3.8, 4) is 0 Å². The highest BCUT2D eigenvalue weighted by Crippen LogP contribution is 2.38. The monoisotopic (exact) mass is 281 g/mol. The maximum absolute atomic E-state index is 12.9. The molecule has 1 nitrogen and oxygen atoms in total. The van der Waals surface area contributed by atoms with Gasteiger partial charge in [0.1, 0.15) is 5.82 Å². The van der Waals surface area contributed by atoms with E-state index in [1.165, 1.54) is 37.0 Å². The van der Waals surface area contributed by atoms with Gasteiger partial charge in [-0.15, -0.1) is 11.8 Å². The summed E-state index contributed by atoms with van der Waals surface area (Å²) < 4.78 is 12.9. The molecule has 0 aromatic heterocycles. The lowest BCUT2D eigenvalue weighted by atomic mass is 9.83. The predicted molar refractivity (Wildman–Crippen MR) is 81.1 cm³/mol. The van der Waals surface area contributed by atoms with Gasteiger partial charge in [0.05, 0.1) is 0 Å². The maximum Gasteiger partial charge on any atom is 0.123 e. The van der Waals surface area contributed by atoms with Crippen LogP contribution in [0.25, 0.3) is 0 Å². The first-order valence-corrected chi connectivity index (χ1v) is 8.20. The molecule has 1 aromatic carbocycles. The second kappa shape index (κ2) is 7.30. The molecule has 0 heterocycles. The fourth-order valence-corrected chi connectivity index (χ4v) is 4.48. The predicted octanol–water partition coefficient (Wildman–Crippen LogP) is 4.47. The molecule has 3 atom stereocenters. The Morgan fingerprint density at radius 2 is 2.00 bits per heavy atom. The van der Waals surface area contributed by atoms with Gasteiger partial charge >= 0.3 is 0 Å². The second-order valence-electron chi connectivity index (χ2n) is 5.47. The number of thioether (sulfide) groups is 1. The lowest BCUT2D eigenvalue weighted by Crippen LogP contribution is -2.40. The van der Waals surface area contributed by atoms with Crippen LogP contribution in [0.5, 0.6) is 0 Å². The Bertz CT molecular complexity index is 379. The quantitative estimate of drug-likeness (QED) is 0.854. The van der Waals surface area contributed by atoms with Gasteiger partial charge < -0.3 is 5.32 Å². The van der Waals surface area contributed by atoms with Crippen LogP contribution in [0.3, 0.4) is 0 Å². The van der Waals surface area contributed by atoms with Crippen LogP contribution in [0.15, 0.2) is 29.2 Å². The molecule has 0 radical (unpaired) electrons. The third kappa shape index (κ3) is 4.22. The van der Waals surface area contributed by atoms with Gasteiger partial charge in [0.15, 0.2) is 0 Å². The Labute approximate surface area is 120 Å². The smallest absolute Gasteiger partial charge is 0.123 e. The highest BCUT2D eigenvalue weighted by molar-refractivity contribution is 8.00. The van der Waals surface area contributed by atoms with E-state index in [0.717, 1.165) is 5.92 Å². The number of halogens is 1. The van der Waals surface area contributed by atoms with Crippen molar-refractivity contribution < 1.29 is 4.39 Å². The summed E-state index contributed by atoms with van der Waals surface area (Å²) in [6.45, 7) is 2.27. The summed E-state index contributed by atoms with van der Waals surface area (Å²) in [6.07, 6.45) is 6.51. The summed E-state index contributed by atoms with van der Waals surface area (Å²) in [5, 5.41) is 4.07. The lowest BCUT2D eigenvalue weighted by molar-refractivity contribution is 0.295. The van der Waals surface area contributed by atoms with E-state index in [1.807, 2.05) is 23.9 Å². The largest absolute Gasteiger partial charge is 0.316 e. The Kier molecular flexibility index (Phi) is 5.71. The van der Waals surface area contributed by atoms with E-state index in [9.17, 15) is 4.39 Å². The van der Waals surface area contributed by atoms with E-state index >= 15 is 0 Å². The summed E-state index contributed by atoms with van der Waals surface area (Å²) in [7, 11) is 2.06. The van der Waals surface area contributed by atoms with E-state index in [0.29, 0.717) is 11.3 Å². The van der Waals surface area contributed by atoms with Crippen molar-refractivity contribution in [3.05, 3.63) is 30.1 Å². The average molecular weight is 281 g/mol. The number of rotatable bonds is 5. The minimum absolute atomic E-state index is 0.151. The fraction of sp³-hybridized carbons (Fsp3) is 0.625. The fourth-order valence-electron chi connectivity index (χ4n) is 3.03. The Morgan fingerprint density at radius 3 is 2.63 bits per heavy atom. The number of nitrogens with one attached hydrogen (secondary N) is 1. The Morgan fingerprint density at radius 1 is 1.26 bits per heavy atom. The van der Waals surface area contributed by atoms with Gasteiger partial charge in [-0.25, -0.2) is 4.39 Å². The second-order valence-corrected chi connectivity index (χ2v) is 6.79. The van der Waals surface area contributed by atoms with Crippen LogP contribution >= 0.6 is 11.8 Å². The van der Waals surface area contributed by atoms with E-state index in [-0.39, 0.29) is 5.82 Å². The minimum atomic E-state index is -0.151. The summed E-state index contributed by atoms with van der Waals surface area (Å²) in [6, 6.07) is 7.50. The molecule has 1 fully saturated rings. The van der Waals surface area contributed by atoms with Gasteiger partial charge in [0.2, 0.25) is 0 Å². The third-order valence-electron chi connectivity index (χ3n) is 4.07. The molecule has 0 saturated heterocycles.